The van der Waals surface area contributed by atoms with E-state index in [1.165, 1.54) is 0 Å². The van der Waals surface area contributed by atoms with Crippen molar-refractivity contribution < 1.29 is 22.0 Å². The van der Waals surface area contributed by atoms with Gasteiger partial charge in [0.1, 0.15) is 5.69 Å². The van der Waals surface area contributed by atoms with Crippen LogP contribution in [-0.4, -0.2) is 0 Å². The summed E-state index contributed by atoms with van der Waals surface area (Å²) >= 11 is 0. The smallest absolute Gasteiger partial charge is 0.186 e. The Bertz CT molecular complexity index is 612. The lowest BCUT2D eigenvalue weighted by atomic mass is 10.1. The number of rotatable bonds is 1. The summed E-state index contributed by atoms with van der Waals surface area (Å²) in [6.45, 7) is 0. The molecule has 2 nitrogen and oxygen atoms in total. The van der Waals surface area contributed by atoms with Gasteiger partial charge in [0.15, 0.2) is 29.1 Å². The van der Waals surface area contributed by atoms with E-state index in [9.17, 15) is 22.0 Å². The Morgan fingerprint density at radius 3 is 2.06 bits per heavy atom. The van der Waals surface area contributed by atoms with Crippen molar-refractivity contribution in [3.63, 3.8) is 0 Å². The molecule has 0 unspecified atom stereocenters. The van der Waals surface area contributed by atoms with Gasteiger partial charge in [0.25, 0.3) is 0 Å². The number of nitrogens with one attached hydrogen (secondary N) is 1. The van der Waals surface area contributed by atoms with E-state index in [0.29, 0.717) is 6.07 Å². The Morgan fingerprint density at radius 2 is 1.47 bits per heavy atom. The van der Waals surface area contributed by atoms with Gasteiger partial charge in [-0.05, 0) is 12.1 Å². The van der Waals surface area contributed by atoms with Crippen molar-refractivity contribution in [2.45, 2.75) is 0 Å². The van der Waals surface area contributed by atoms with E-state index in [1.807, 2.05) is 0 Å². The molecule has 0 amide bonds. The zero-order valence-electron chi connectivity index (χ0n) is 8.12. The lowest BCUT2D eigenvalue weighted by Crippen LogP contribution is -2.12. The number of benzene rings is 2. The van der Waals surface area contributed by atoms with Gasteiger partial charge in [-0.25, -0.2) is 22.0 Å². The zero-order valence-corrected chi connectivity index (χ0v) is 8.12. The summed E-state index contributed by atoms with van der Waals surface area (Å²) in [6.07, 6.45) is 0. The average Bonchev–Trinajstić information content (AvgIpc) is 2.30. The van der Waals surface area contributed by atoms with Crippen LogP contribution in [0.1, 0.15) is 0 Å². The molecule has 0 bridgehead atoms. The van der Waals surface area contributed by atoms with Crippen LogP contribution in [0, 0.1) is 29.1 Å². The highest BCUT2D eigenvalue weighted by atomic mass is 19.2. The number of fused-ring (bicyclic) bond motifs is 1. The van der Waals surface area contributed by atoms with Gasteiger partial charge in [-0.15, -0.1) is 0 Å². The molecule has 0 aliphatic carbocycles. The third-order valence-electron chi connectivity index (χ3n) is 2.33. The fourth-order valence-corrected chi connectivity index (χ4v) is 1.52. The van der Waals surface area contributed by atoms with Crippen molar-refractivity contribution in [1.82, 2.24) is 0 Å². The molecule has 2 aromatic carbocycles. The van der Waals surface area contributed by atoms with Crippen molar-refractivity contribution >= 4 is 16.5 Å². The fraction of sp³-hybridized carbons (Fsp3) is 0. The van der Waals surface area contributed by atoms with Crippen LogP contribution in [-0.2, 0) is 0 Å². The van der Waals surface area contributed by atoms with Crippen molar-refractivity contribution in [3.8, 4) is 0 Å². The maximum Gasteiger partial charge on any atom is 0.186 e. The molecule has 0 saturated carbocycles. The quantitative estimate of drug-likeness (QED) is 0.352. The maximum absolute atomic E-state index is 13.6. The summed E-state index contributed by atoms with van der Waals surface area (Å²) in [7, 11) is 0. The van der Waals surface area contributed by atoms with Crippen LogP contribution in [0.25, 0.3) is 10.8 Å². The van der Waals surface area contributed by atoms with E-state index in [2.05, 4.69) is 0 Å². The van der Waals surface area contributed by atoms with E-state index >= 15 is 0 Å². The Hall–Kier alpha value is -1.89. The minimum Gasteiger partial charge on any atom is -0.319 e. The largest absolute Gasteiger partial charge is 0.319 e. The van der Waals surface area contributed by atoms with Gasteiger partial charge in [-0.1, -0.05) is 0 Å². The average molecular weight is 248 g/mol. The first-order valence-corrected chi connectivity index (χ1v) is 4.39. The molecule has 0 aliphatic rings. The normalized spacial score (nSPS) is 10.9. The first-order valence-electron chi connectivity index (χ1n) is 4.39. The molecule has 90 valence electrons. The lowest BCUT2D eigenvalue weighted by Gasteiger charge is -2.10. The Balaban J connectivity index is 3.05. The number of hydrogen-bond acceptors (Lipinski definition) is 2. The highest BCUT2D eigenvalue weighted by Crippen LogP contribution is 2.32. The van der Waals surface area contributed by atoms with Gasteiger partial charge in [-0.2, -0.15) is 0 Å². The molecular weight excluding hydrogens is 243 g/mol. The van der Waals surface area contributed by atoms with E-state index in [4.69, 9.17) is 5.84 Å². The molecule has 0 radical (unpaired) electrons. The standard InChI is InChI=1S/C10H5F5N2/c11-4-2-1-3-5(7(4)13)8(14)10(17-16)9(15)6(3)12/h1-2,17H,16H2. The van der Waals surface area contributed by atoms with Gasteiger partial charge >= 0.3 is 0 Å². The molecule has 2 aromatic rings. The zero-order chi connectivity index (χ0) is 12.7. The first kappa shape index (κ1) is 11.6. The number of hydrazine groups is 1. The van der Waals surface area contributed by atoms with Crippen LogP contribution in [0.2, 0.25) is 0 Å². The summed E-state index contributed by atoms with van der Waals surface area (Å²) in [5.74, 6) is -2.77. The molecule has 0 aromatic heterocycles. The third kappa shape index (κ3) is 1.50. The molecule has 0 fully saturated rings. The second kappa shape index (κ2) is 3.85. The second-order valence-corrected chi connectivity index (χ2v) is 3.25. The number of anilines is 1. The molecular formula is C10H5F5N2. The molecule has 0 saturated heterocycles. The molecule has 2 rings (SSSR count). The van der Waals surface area contributed by atoms with Gasteiger partial charge in [0.2, 0.25) is 0 Å². The molecule has 17 heavy (non-hydrogen) atoms. The highest BCUT2D eigenvalue weighted by molar-refractivity contribution is 5.88. The molecule has 3 N–H and O–H groups in total. The van der Waals surface area contributed by atoms with Gasteiger partial charge in [0.05, 0.1) is 5.39 Å². The predicted octanol–water partition coefficient (Wildman–Crippen LogP) is 2.82. The lowest BCUT2D eigenvalue weighted by molar-refractivity contribution is 0.496. The third-order valence-corrected chi connectivity index (χ3v) is 2.33. The monoisotopic (exact) mass is 248 g/mol. The molecule has 0 heterocycles. The van der Waals surface area contributed by atoms with Crippen LogP contribution in [0.5, 0.6) is 0 Å². The van der Waals surface area contributed by atoms with Crippen molar-refractivity contribution in [2.24, 2.45) is 5.84 Å². The SMILES string of the molecule is NNc1c(F)c(F)c2ccc(F)c(F)c2c1F. The Labute approximate surface area is 91.8 Å². The molecule has 0 aliphatic heterocycles. The highest BCUT2D eigenvalue weighted by Gasteiger charge is 2.23. The summed E-state index contributed by atoms with van der Waals surface area (Å²) in [5.41, 5.74) is 0.508. The Kier molecular flexibility index (Phi) is 2.62. The summed E-state index contributed by atoms with van der Waals surface area (Å²) in [4.78, 5) is 0. The fourth-order valence-electron chi connectivity index (χ4n) is 1.52. The minimum absolute atomic E-state index is 0.579. The van der Waals surface area contributed by atoms with Crippen LogP contribution in [0.3, 0.4) is 0 Å². The molecule has 7 heteroatoms. The molecule has 0 spiro atoms. The topological polar surface area (TPSA) is 38.0 Å². The van der Waals surface area contributed by atoms with Crippen LogP contribution >= 0.6 is 0 Å². The molecule has 0 atom stereocenters. The van der Waals surface area contributed by atoms with E-state index in [-0.39, 0.29) is 0 Å². The van der Waals surface area contributed by atoms with Crippen LogP contribution in [0.4, 0.5) is 27.6 Å². The summed E-state index contributed by atoms with van der Waals surface area (Å²) in [5, 5.41) is -1.69. The number of halogens is 5. The van der Waals surface area contributed by atoms with Gasteiger partial charge in [0, 0.05) is 5.39 Å². The maximum atomic E-state index is 13.6. The number of nitrogen functional groups attached to an aromatic ring is 1. The van der Waals surface area contributed by atoms with Crippen molar-refractivity contribution in [1.29, 1.82) is 0 Å². The summed E-state index contributed by atoms with van der Waals surface area (Å²) < 4.78 is 66.5. The predicted molar refractivity (Wildman–Crippen MR) is 51.5 cm³/mol. The van der Waals surface area contributed by atoms with Crippen molar-refractivity contribution in [2.75, 3.05) is 5.43 Å². The van der Waals surface area contributed by atoms with Crippen LogP contribution in [0.15, 0.2) is 12.1 Å². The van der Waals surface area contributed by atoms with Gasteiger partial charge < -0.3 is 5.43 Å². The summed E-state index contributed by atoms with van der Waals surface area (Å²) in [6, 6.07) is 1.32. The first-order chi connectivity index (χ1) is 7.99. The van der Waals surface area contributed by atoms with Gasteiger partial charge in [-0.3, -0.25) is 5.84 Å². The van der Waals surface area contributed by atoms with E-state index in [1.54, 1.807) is 5.43 Å². The number of hydrogen-bond donors (Lipinski definition) is 2. The van der Waals surface area contributed by atoms with Crippen LogP contribution < -0.4 is 11.3 Å². The van der Waals surface area contributed by atoms with Crippen molar-refractivity contribution in [3.05, 3.63) is 41.2 Å². The Morgan fingerprint density at radius 1 is 0.824 bits per heavy atom. The minimum atomic E-state index is -1.60. The second-order valence-electron chi connectivity index (χ2n) is 3.25. The van der Waals surface area contributed by atoms with E-state index in [0.717, 1.165) is 6.07 Å². The van der Waals surface area contributed by atoms with E-state index < -0.39 is 45.5 Å². The number of nitrogens with two attached hydrogens (primary N) is 1.